The van der Waals surface area contributed by atoms with Crippen molar-refractivity contribution in [2.75, 3.05) is 46.7 Å². The first-order chi connectivity index (χ1) is 16.5. The van der Waals surface area contributed by atoms with Crippen LogP contribution in [0.1, 0.15) is 32.3 Å². The van der Waals surface area contributed by atoms with Crippen molar-refractivity contribution in [3.05, 3.63) is 42.0 Å². The molecule has 0 fully saturated rings. The Labute approximate surface area is 206 Å². The van der Waals surface area contributed by atoms with E-state index in [0.717, 1.165) is 64.6 Å². The fourth-order valence-corrected chi connectivity index (χ4v) is 4.68. The number of carbonyl (C=O) groups is 1. The first-order valence-electron chi connectivity index (χ1n) is 11.7. The van der Waals surface area contributed by atoms with Crippen molar-refractivity contribution in [2.45, 2.75) is 38.0 Å². The Balaban J connectivity index is 1.80. The van der Waals surface area contributed by atoms with Crippen LogP contribution in [0.4, 0.5) is 0 Å². The largest absolute Gasteiger partial charge is 0.493 e. The van der Waals surface area contributed by atoms with Gasteiger partial charge >= 0.3 is 5.97 Å². The summed E-state index contributed by atoms with van der Waals surface area (Å²) in [4.78, 5) is 15.0. The van der Waals surface area contributed by atoms with E-state index in [4.69, 9.17) is 18.6 Å². The maximum atomic E-state index is 11.5. The summed E-state index contributed by atoms with van der Waals surface area (Å²) in [5, 5.41) is 1.04. The average Bonchev–Trinajstić information content (AvgIpc) is 3.25. The monoisotopic (exact) mass is 485 g/mol. The smallest absolute Gasteiger partial charge is 0.305 e. The van der Waals surface area contributed by atoms with Gasteiger partial charge in [0.1, 0.15) is 11.3 Å². The summed E-state index contributed by atoms with van der Waals surface area (Å²) in [6, 6.07) is 12.0. The van der Waals surface area contributed by atoms with Gasteiger partial charge in [-0.05, 0) is 68.1 Å². The van der Waals surface area contributed by atoms with E-state index in [1.54, 1.807) is 18.9 Å². The van der Waals surface area contributed by atoms with Crippen molar-refractivity contribution >= 4 is 28.7 Å². The van der Waals surface area contributed by atoms with Crippen molar-refractivity contribution < 1.29 is 23.4 Å². The van der Waals surface area contributed by atoms with Crippen LogP contribution in [-0.4, -0.2) is 57.6 Å². The van der Waals surface area contributed by atoms with Gasteiger partial charge in [-0.15, -0.1) is 11.8 Å². The lowest BCUT2D eigenvalue weighted by atomic mass is 10.1. The summed E-state index contributed by atoms with van der Waals surface area (Å²) >= 11 is 1.64. The Kier molecular flexibility index (Phi) is 9.72. The van der Waals surface area contributed by atoms with Crippen molar-refractivity contribution in [1.82, 2.24) is 4.90 Å². The van der Waals surface area contributed by atoms with Crippen molar-refractivity contribution in [1.29, 1.82) is 0 Å². The average molecular weight is 486 g/mol. The highest BCUT2D eigenvalue weighted by molar-refractivity contribution is 7.99. The molecule has 7 heteroatoms. The number of aryl methyl sites for hydroxylation is 1. The van der Waals surface area contributed by atoms with E-state index in [1.165, 1.54) is 7.11 Å². The zero-order valence-corrected chi connectivity index (χ0v) is 21.6. The Hall–Kier alpha value is -2.64. The molecule has 0 aliphatic rings. The summed E-state index contributed by atoms with van der Waals surface area (Å²) in [5.41, 5.74) is 2.83. The quantitative estimate of drug-likeness (QED) is 0.166. The molecule has 0 spiro atoms. The highest BCUT2D eigenvalue weighted by Crippen LogP contribution is 2.42. The lowest BCUT2D eigenvalue weighted by molar-refractivity contribution is -0.140. The molecular weight excluding hydrogens is 450 g/mol. The maximum Gasteiger partial charge on any atom is 0.305 e. The molecule has 0 N–H and O–H groups in total. The number of carbonyl (C=O) groups excluding carboxylic acids is 1. The lowest BCUT2D eigenvalue weighted by Gasteiger charge is -2.18. The number of methoxy groups -OCH3 is 2. The van der Waals surface area contributed by atoms with Crippen LogP contribution in [-0.2, 0) is 16.0 Å². The van der Waals surface area contributed by atoms with Gasteiger partial charge < -0.3 is 23.5 Å². The summed E-state index contributed by atoms with van der Waals surface area (Å²) in [6.45, 7) is 8.12. The predicted octanol–water partition coefficient (Wildman–Crippen LogP) is 6.05. The number of ether oxygens (including phenoxy) is 3. The molecular formula is C27H35NO5S. The second-order valence-electron chi connectivity index (χ2n) is 7.97. The van der Waals surface area contributed by atoms with E-state index < -0.39 is 0 Å². The van der Waals surface area contributed by atoms with Crippen LogP contribution in [0, 0.1) is 0 Å². The Bertz CT molecular complexity index is 1090. The third kappa shape index (κ3) is 6.27. The molecule has 3 rings (SSSR count). The minimum atomic E-state index is -0.208. The molecule has 0 radical (unpaired) electrons. The van der Waals surface area contributed by atoms with Crippen LogP contribution in [0.25, 0.3) is 22.3 Å². The Morgan fingerprint density at radius 1 is 1.06 bits per heavy atom. The van der Waals surface area contributed by atoms with Crippen LogP contribution in [0.2, 0.25) is 0 Å². The molecule has 0 aliphatic carbocycles. The van der Waals surface area contributed by atoms with Gasteiger partial charge in [0, 0.05) is 23.9 Å². The second kappa shape index (κ2) is 12.7. The summed E-state index contributed by atoms with van der Waals surface area (Å²) in [6.07, 6.45) is 3.99. The fraction of sp³-hybridized carbons (Fsp3) is 0.444. The number of nitrogens with zero attached hydrogens (tertiary/aromatic N) is 1. The summed E-state index contributed by atoms with van der Waals surface area (Å²) in [7, 11) is 3.07. The second-order valence-corrected chi connectivity index (χ2v) is 8.78. The van der Waals surface area contributed by atoms with Crippen LogP contribution in [0.15, 0.2) is 45.7 Å². The van der Waals surface area contributed by atoms with E-state index in [-0.39, 0.29) is 5.97 Å². The first kappa shape index (κ1) is 26.0. The van der Waals surface area contributed by atoms with Crippen molar-refractivity contribution in [3.8, 4) is 22.8 Å². The van der Waals surface area contributed by atoms with E-state index in [9.17, 15) is 4.79 Å². The zero-order valence-electron chi connectivity index (χ0n) is 20.8. The number of hydrogen-bond donors (Lipinski definition) is 0. The number of hydrogen-bond acceptors (Lipinski definition) is 7. The molecule has 184 valence electrons. The molecule has 0 unspecified atom stereocenters. The van der Waals surface area contributed by atoms with E-state index >= 15 is 0 Å². The summed E-state index contributed by atoms with van der Waals surface area (Å²) in [5.74, 6) is 2.02. The molecule has 0 atom stereocenters. The zero-order chi connectivity index (χ0) is 24.5. The molecule has 0 amide bonds. The minimum absolute atomic E-state index is 0.208. The molecule has 1 aromatic heterocycles. The molecule has 6 nitrogen and oxygen atoms in total. The number of esters is 1. The van der Waals surface area contributed by atoms with Crippen LogP contribution in [0.3, 0.4) is 0 Å². The maximum absolute atomic E-state index is 11.5. The number of benzene rings is 2. The molecule has 0 aliphatic heterocycles. The molecule has 0 saturated carbocycles. The molecule has 34 heavy (non-hydrogen) atoms. The van der Waals surface area contributed by atoms with Gasteiger partial charge in [0.15, 0.2) is 11.5 Å². The van der Waals surface area contributed by atoms with Crippen LogP contribution in [0.5, 0.6) is 11.5 Å². The van der Waals surface area contributed by atoms with Gasteiger partial charge in [-0.1, -0.05) is 19.9 Å². The van der Waals surface area contributed by atoms with Gasteiger partial charge in [0.05, 0.1) is 25.7 Å². The van der Waals surface area contributed by atoms with Crippen LogP contribution >= 0.6 is 11.8 Å². The number of fused-ring (bicyclic) bond motifs is 1. The molecule has 0 saturated heterocycles. The first-order valence-corrected chi connectivity index (χ1v) is 13.0. The van der Waals surface area contributed by atoms with Crippen LogP contribution < -0.4 is 9.47 Å². The molecule has 0 bridgehead atoms. The van der Waals surface area contributed by atoms with Gasteiger partial charge in [-0.2, -0.15) is 0 Å². The number of rotatable bonds is 13. The summed E-state index contributed by atoms with van der Waals surface area (Å²) < 4.78 is 22.7. The van der Waals surface area contributed by atoms with Gasteiger partial charge in [-0.3, -0.25) is 4.79 Å². The number of thioether (sulfide) groups is 1. The predicted molar refractivity (Wildman–Crippen MR) is 138 cm³/mol. The molecule has 3 aromatic rings. The molecule has 1 heterocycles. The SMILES string of the molecule is CCN(CC)CCCOc1ccc(-c2oc3ccc(CCC(=O)OC)cc3c2SC)cc1OC. The fourth-order valence-electron chi connectivity index (χ4n) is 3.96. The van der Waals surface area contributed by atoms with E-state index in [1.807, 2.05) is 36.6 Å². The van der Waals surface area contributed by atoms with Crippen molar-refractivity contribution in [3.63, 3.8) is 0 Å². The third-order valence-electron chi connectivity index (χ3n) is 5.95. The topological polar surface area (TPSA) is 61.1 Å². The van der Waals surface area contributed by atoms with Crippen molar-refractivity contribution in [2.24, 2.45) is 0 Å². The Morgan fingerprint density at radius 2 is 1.85 bits per heavy atom. The highest BCUT2D eigenvalue weighted by Gasteiger charge is 2.18. The number of furan rings is 1. The normalized spacial score (nSPS) is 11.2. The van der Waals surface area contributed by atoms with Gasteiger partial charge in [0.25, 0.3) is 0 Å². The molecule has 2 aromatic carbocycles. The lowest BCUT2D eigenvalue weighted by Crippen LogP contribution is -2.25. The van der Waals surface area contributed by atoms with E-state index in [2.05, 4.69) is 24.8 Å². The third-order valence-corrected chi connectivity index (χ3v) is 6.77. The highest BCUT2D eigenvalue weighted by atomic mass is 32.2. The standard InChI is InChI=1S/C27H35NO5S/c1-6-28(7-2)15-8-16-32-23-13-11-20(18-24(23)30-3)26-27(34-5)21-17-19(9-12-22(21)33-26)10-14-25(29)31-4/h9,11-13,17-18H,6-8,10,14-16H2,1-5H3. The Morgan fingerprint density at radius 3 is 2.53 bits per heavy atom. The van der Waals surface area contributed by atoms with Gasteiger partial charge in [0.2, 0.25) is 0 Å². The van der Waals surface area contributed by atoms with Gasteiger partial charge in [-0.25, -0.2) is 0 Å². The van der Waals surface area contributed by atoms with E-state index in [0.29, 0.717) is 25.2 Å². The minimum Gasteiger partial charge on any atom is -0.493 e.